The predicted molar refractivity (Wildman–Crippen MR) is 78.7 cm³/mol. The Balaban J connectivity index is 2.17. The van der Waals surface area contributed by atoms with Crippen LogP contribution in [0.15, 0.2) is 48.5 Å². The fourth-order valence-electron chi connectivity index (χ4n) is 1.79. The maximum atomic E-state index is 11.3. The van der Waals surface area contributed by atoms with E-state index in [2.05, 4.69) is 0 Å². The average Bonchev–Trinajstić information content (AvgIpc) is 2.46. The molecule has 0 saturated heterocycles. The summed E-state index contributed by atoms with van der Waals surface area (Å²) in [5.74, 6) is 0.411. The average molecular weight is 305 g/mol. The number of para-hydroxylation sites is 2. The van der Waals surface area contributed by atoms with Crippen molar-refractivity contribution in [3.05, 3.63) is 59.7 Å². The Kier molecular flexibility index (Phi) is 4.95. The minimum Gasteiger partial charge on any atom is -0.488 e. The number of carbonyl (C=O) groups is 2. The summed E-state index contributed by atoms with van der Waals surface area (Å²) in [7, 11) is 0. The fraction of sp³-hybridized carbons (Fsp3) is 0.125. The van der Waals surface area contributed by atoms with Crippen LogP contribution in [0.3, 0.4) is 0 Å². The largest absolute Gasteiger partial charge is 0.488 e. The molecule has 108 valence electrons. The van der Waals surface area contributed by atoms with E-state index in [0.717, 1.165) is 0 Å². The molecule has 0 heterocycles. The molecule has 0 unspecified atom stereocenters. The number of carbonyl (C=O) groups excluding carboxylic acids is 2. The van der Waals surface area contributed by atoms with Crippen molar-refractivity contribution in [2.24, 2.45) is 0 Å². The van der Waals surface area contributed by atoms with Gasteiger partial charge in [0.1, 0.15) is 18.1 Å². The molecular weight excluding hydrogens is 292 g/mol. The summed E-state index contributed by atoms with van der Waals surface area (Å²) in [6.45, 7) is 1.49. The summed E-state index contributed by atoms with van der Waals surface area (Å²) >= 11 is 5.50. The van der Waals surface area contributed by atoms with Crippen LogP contribution < -0.4 is 9.47 Å². The molecule has 0 saturated carbocycles. The standard InChI is InChI=1S/C16H13ClO4/c1-11(18)21-14-8-4-2-6-12(14)10-20-15-9-5-3-7-13(15)16(17)19/h2-9H,10H2,1H3. The Morgan fingerprint density at radius 2 is 1.62 bits per heavy atom. The summed E-state index contributed by atoms with van der Waals surface area (Å²) in [4.78, 5) is 22.4. The Bertz CT molecular complexity index is 667. The Hall–Kier alpha value is -2.33. The third kappa shape index (κ3) is 4.07. The second-order valence-electron chi connectivity index (χ2n) is 4.26. The normalized spacial score (nSPS) is 10.0. The van der Waals surface area contributed by atoms with Crippen LogP contribution in [0.1, 0.15) is 22.8 Å². The topological polar surface area (TPSA) is 52.6 Å². The van der Waals surface area contributed by atoms with Crippen molar-refractivity contribution in [1.82, 2.24) is 0 Å². The zero-order valence-electron chi connectivity index (χ0n) is 11.3. The molecule has 0 N–H and O–H groups in total. The zero-order chi connectivity index (χ0) is 15.2. The first-order valence-electron chi connectivity index (χ1n) is 6.26. The summed E-state index contributed by atoms with van der Waals surface area (Å²) < 4.78 is 10.7. The number of hydrogen-bond acceptors (Lipinski definition) is 4. The predicted octanol–water partition coefficient (Wildman–Crippen LogP) is 3.57. The molecule has 0 aliphatic carbocycles. The lowest BCUT2D eigenvalue weighted by Gasteiger charge is -2.12. The van der Waals surface area contributed by atoms with Crippen LogP contribution >= 0.6 is 11.6 Å². The van der Waals surface area contributed by atoms with Crippen molar-refractivity contribution in [3.8, 4) is 11.5 Å². The van der Waals surface area contributed by atoms with Crippen molar-refractivity contribution in [2.75, 3.05) is 0 Å². The monoisotopic (exact) mass is 304 g/mol. The lowest BCUT2D eigenvalue weighted by Crippen LogP contribution is -2.06. The van der Waals surface area contributed by atoms with E-state index >= 15 is 0 Å². The van der Waals surface area contributed by atoms with Crippen molar-refractivity contribution in [2.45, 2.75) is 13.5 Å². The van der Waals surface area contributed by atoms with E-state index in [9.17, 15) is 9.59 Å². The number of rotatable bonds is 5. The lowest BCUT2D eigenvalue weighted by molar-refractivity contribution is -0.131. The van der Waals surface area contributed by atoms with Crippen LogP contribution in [-0.2, 0) is 11.4 Å². The molecule has 2 rings (SSSR count). The van der Waals surface area contributed by atoms with Gasteiger partial charge in [0.25, 0.3) is 5.24 Å². The molecule has 21 heavy (non-hydrogen) atoms. The first kappa shape index (κ1) is 15.1. The highest BCUT2D eigenvalue weighted by molar-refractivity contribution is 6.68. The van der Waals surface area contributed by atoms with Crippen LogP contribution in [-0.4, -0.2) is 11.2 Å². The van der Waals surface area contributed by atoms with E-state index in [1.807, 2.05) is 6.07 Å². The highest BCUT2D eigenvalue weighted by atomic mass is 35.5. The van der Waals surface area contributed by atoms with Crippen LogP contribution in [0.2, 0.25) is 0 Å². The molecule has 2 aromatic carbocycles. The third-order valence-electron chi connectivity index (χ3n) is 2.71. The lowest BCUT2D eigenvalue weighted by atomic mass is 10.2. The molecule has 0 aromatic heterocycles. The van der Waals surface area contributed by atoms with Crippen molar-refractivity contribution in [3.63, 3.8) is 0 Å². The minimum absolute atomic E-state index is 0.157. The molecule has 0 spiro atoms. The fourth-order valence-corrected chi connectivity index (χ4v) is 1.94. The van der Waals surface area contributed by atoms with Crippen LogP contribution in [0.5, 0.6) is 11.5 Å². The molecule has 0 bridgehead atoms. The van der Waals surface area contributed by atoms with E-state index in [0.29, 0.717) is 22.6 Å². The van der Waals surface area contributed by atoms with Gasteiger partial charge in [0.15, 0.2) is 0 Å². The van der Waals surface area contributed by atoms with Gasteiger partial charge in [-0.2, -0.15) is 0 Å². The van der Waals surface area contributed by atoms with Gasteiger partial charge in [-0.3, -0.25) is 9.59 Å². The summed E-state index contributed by atoms with van der Waals surface area (Å²) in [5, 5.41) is -0.584. The Labute approximate surface area is 127 Å². The molecule has 0 amide bonds. The minimum atomic E-state index is -0.584. The highest BCUT2D eigenvalue weighted by Crippen LogP contribution is 2.24. The van der Waals surface area contributed by atoms with Crippen LogP contribution in [0.25, 0.3) is 0 Å². The van der Waals surface area contributed by atoms with E-state index in [1.54, 1.807) is 42.5 Å². The summed E-state index contributed by atoms with van der Waals surface area (Å²) in [5.41, 5.74) is 0.994. The molecule has 5 heteroatoms. The molecule has 0 atom stereocenters. The number of hydrogen-bond donors (Lipinski definition) is 0. The number of benzene rings is 2. The van der Waals surface area contributed by atoms with Crippen molar-refractivity contribution < 1.29 is 19.1 Å². The van der Waals surface area contributed by atoms with Gasteiger partial charge in [0.05, 0.1) is 5.56 Å². The Morgan fingerprint density at radius 3 is 2.29 bits per heavy atom. The van der Waals surface area contributed by atoms with Crippen molar-refractivity contribution in [1.29, 1.82) is 0 Å². The van der Waals surface area contributed by atoms with Gasteiger partial charge < -0.3 is 9.47 Å². The molecular formula is C16H13ClO4. The zero-order valence-corrected chi connectivity index (χ0v) is 12.1. The SMILES string of the molecule is CC(=O)Oc1ccccc1COc1ccccc1C(=O)Cl. The smallest absolute Gasteiger partial charge is 0.308 e. The number of esters is 1. The van der Waals surface area contributed by atoms with Gasteiger partial charge in [-0.05, 0) is 29.8 Å². The Morgan fingerprint density at radius 1 is 1.00 bits per heavy atom. The van der Waals surface area contributed by atoms with E-state index in [-0.39, 0.29) is 6.61 Å². The van der Waals surface area contributed by atoms with E-state index in [4.69, 9.17) is 21.1 Å². The van der Waals surface area contributed by atoms with Gasteiger partial charge >= 0.3 is 5.97 Å². The summed E-state index contributed by atoms with van der Waals surface area (Å²) in [6.07, 6.45) is 0. The number of ether oxygens (including phenoxy) is 2. The van der Waals surface area contributed by atoms with Gasteiger partial charge in [0, 0.05) is 12.5 Å². The highest BCUT2D eigenvalue weighted by Gasteiger charge is 2.11. The quantitative estimate of drug-likeness (QED) is 0.481. The molecule has 0 fully saturated rings. The van der Waals surface area contributed by atoms with Gasteiger partial charge in [-0.15, -0.1) is 0 Å². The first-order chi connectivity index (χ1) is 10.1. The molecule has 0 radical (unpaired) electrons. The van der Waals surface area contributed by atoms with Crippen molar-refractivity contribution >= 4 is 22.8 Å². The van der Waals surface area contributed by atoms with Gasteiger partial charge in [0.2, 0.25) is 0 Å². The molecule has 4 nitrogen and oxygen atoms in total. The summed E-state index contributed by atoms with van der Waals surface area (Å²) in [6, 6.07) is 13.7. The number of halogens is 1. The van der Waals surface area contributed by atoms with Crippen LogP contribution in [0, 0.1) is 0 Å². The van der Waals surface area contributed by atoms with E-state index in [1.165, 1.54) is 6.92 Å². The second kappa shape index (κ2) is 6.90. The van der Waals surface area contributed by atoms with Gasteiger partial charge in [-0.1, -0.05) is 30.3 Å². The molecule has 2 aromatic rings. The van der Waals surface area contributed by atoms with Gasteiger partial charge in [-0.25, -0.2) is 0 Å². The van der Waals surface area contributed by atoms with E-state index < -0.39 is 11.2 Å². The van der Waals surface area contributed by atoms with Crippen LogP contribution in [0.4, 0.5) is 0 Å². The maximum absolute atomic E-state index is 11.3. The second-order valence-corrected chi connectivity index (χ2v) is 4.60. The molecule has 0 aliphatic heterocycles. The molecule has 0 aliphatic rings. The third-order valence-corrected chi connectivity index (χ3v) is 2.91. The first-order valence-corrected chi connectivity index (χ1v) is 6.63. The maximum Gasteiger partial charge on any atom is 0.308 e.